The van der Waals surface area contributed by atoms with Crippen molar-refractivity contribution in [2.45, 2.75) is 0 Å². The van der Waals surface area contributed by atoms with E-state index in [2.05, 4.69) is 84.5 Å². The molecule has 11 atom stereocenters. The average Bonchev–Trinajstić information content (AvgIpc) is 2.15. The Morgan fingerprint density at radius 2 is 1.12 bits per heavy atom. The maximum absolute atomic E-state index is 5.95. The molecule has 0 saturated heterocycles. The standard InChI is InChI=1S/BH15IP15/c1-10-15(9)17(14(7)8)11(2)16(12(3)4)13(5)6/h10H,3-9H2. The molecular formula is H15BIP15. The average molecular weight is 617 g/mol. The van der Waals surface area contributed by atoms with Gasteiger partial charge in [-0.2, -0.15) is 0 Å². The number of hydrogen-bond donors (Lipinski definition) is 0. The van der Waals surface area contributed by atoms with Crippen LogP contribution in [0.25, 0.3) is 0 Å². The van der Waals surface area contributed by atoms with Gasteiger partial charge >= 0.3 is 0 Å². The molecular weight excluding hydrogens is 602 g/mol. The maximum atomic E-state index is 5.95. The SMILES string of the molecule is [B]PP(P)P(P(P)P)P(I)P(P(P)P)P(P)P. The first-order valence-electron chi connectivity index (χ1n) is 3.69. The monoisotopic (exact) mass is 618 g/mol. The van der Waals surface area contributed by atoms with Crippen molar-refractivity contribution in [2.75, 3.05) is 0 Å². The Balaban J connectivity index is 4.97. The summed E-state index contributed by atoms with van der Waals surface area (Å²) in [6.45, 7) is 0.385. The van der Waals surface area contributed by atoms with Gasteiger partial charge in [-0.3, -0.25) is 0 Å². The molecule has 100 valence electrons. The second kappa shape index (κ2) is 13.4. The largest absolute Gasteiger partial charge is 0.138 e. The van der Waals surface area contributed by atoms with E-state index in [4.69, 9.17) is 7.57 Å². The highest BCUT2D eigenvalue weighted by Crippen LogP contribution is 3.23. The fourth-order valence-corrected chi connectivity index (χ4v) is 205. The third-order valence-corrected chi connectivity index (χ3v) is 107. The van der Waals surface area contributed by atoms with E-state index < -0.39 is 0 Å². The quantitative estimate of drug-likeness (QED) is 0.152. The number of rotatable bonds is 7. The van der Waals surface area contributed by atoms with Gasteiger partial charge in [-0.15, -0.1) is 70.6 Å². The van der Waals surface area contributed by atoms with Crippen molar-refractivity contribution < 1.29 is 0 Å². The van der Waals surface area contributed by atoms with E-state index in [1.165, 1.54) is 0 Å². The highest BCUT2D eigenvalue weighted by molar-refractivity contribution is 14.2. The molecule has 0 aliphatic carbocycles. The van der Waals surface area contributed by atoms with Crippen LogP contribution < -0.4 is 0 Å². The lowest BCUT2D eigenvalue weighted by atomic mass is 10.8. The van der Waals surface area contributed by atoms with Crippen LogP contribution in [0.15, 0.2) is 0 Å². The Morgan fingerprint density at radius 1 is 0.765 bits per heavy atom. The van der Waals surface area contributed by atoms with Crippen molar-refractivity contribution in [3.63, 3.8) is 0 Å². The topological polar surface area (TPSA) is 0 Å². The summed E-state index contributed by atoms with van der Waals surface area (Å²) >= 11 is 2.79. The molecule has 0 spiro atoms. The van der Waals surface area contributed by atoms with Crippen LogP contribution in [0.1, 0.15) is 0 Å². The smallest absolute Gasteiger partial charge is 0.111 e. The summed E-state index contributed by atoms with van der Waals surface area (Å²) in [6, 6.07) is 0. The molecule has 17 heteroatoms. The third-order valence-electron chi connectivity index (χ3n) is 1.24. The highest BCUT2D eigenvalue weighted by atomic mass is 127. The lowest BCUT2D eigenvalue weighted by molar-refractivity contribution is 4.59. The van der Waals surface area contributed by atoms with E-state index in [1.54, 1.807) is 0 Å². The summed E-state index contributed by atoms with van der Waals surface area (Å²) in [6.07, 6.45) is 0. The van der Waals surface area contributed by atoms with Crippen LogP contribution in [0.5, 0.6) is 0 Å². The van der Waals surface area contributed by atoms with Crippen molar-refractivity contribution in [2.24, 2.45) is 0 Å². The molecule has 0 fully saturated rings. The summed E-state index contributed by atoms with van der Waals surface area (Å²) in [5, 5.41) is 0. The van der Waals surface area contributed by atoms with Crippen molar-refractivity contribution in [3.05, 3.63) is 0 Å². The minimum absolute atomic E-state index is 0.00724. The molecule has 0 aromatic heterocycles. The van der Waals surface area contributed by atoms with E-state index in [1.807, 2.05) is 0 Å². The molecule has 0 aromatic carbocycles. The van der Waals surface area contributed by atoms with Gasteiger partial charge in [0.2, 0.25) is 0 Å². The zero-order chi connectivity index (χ0) is 13.7. The van der Waals surface area contributed by atoms with Gasteiger partial charge in [0.05, 0.1) is 0 Å². The molecule has 0 N–H and O–H groups in total. The van der Waals surface area contributed by atoms with Crippen molar-refractivity contribution in [1.82, 2.24) is 0 Å². The molecule has 11 unspecified atom stereocenters. The van der Waals surface area contributed by atoms with E-state index in [0.29, 0.717) is 8.15 Å². The predicted octanol–water partition coefficient (Wildman–Crippen LogP) is 9.41. The zero-order valence-electron chi connectivity index (χ0n) is 8.63. The summed E-state index contributed by atoms with van der Waals surface area (Å²) < 4.78 is 0. The summed E-state index contributed by atoms with van der Waals surface area (Å²) in [5.74, 6) is 0. The van der Waals surface area contributed by atoms with Crippen molar-refractivity contribution >= 4 is 147 Å². The molecule has 17 heavy (non-hydrogen) atoms. The van der Waals surface area contributed by atoms with Crippen LogP contribution in [0.4, 0.5) is 0 Å². The number of hydrogen-bond acceptors (Lipinski definition) is 0. The lowest BCUT2D eigenvalue weighted by Gasteiger charge is -2.39. The molecule has 0 nitrogen and oxygen atoms in total. The van der Waals surface area contributed by atoms with Gasteiger partial charge in [-0.1, -0.05) is 0 Å². The van der Waals surface area contributed by atoms with Gasteiger partial charge in [0.15, 0.2) is 0 Å². The Morgan fingerprint density at radius 3 is 1.35 bits per heavy atom. The van der Waals surface area contributed by atoms with Gasteiger partial charge in [-0.05, 0) is 57.0 Å². The number of halogens is 1. The highest BCUT2D eigenvalue weighted by Gasteiger charge is 2.36. The second-order valence-corrected chi connectivity index (χ2v) is 67.3. The van der Waals surface area contributed by atoms with Gasteiger partial charge in [-0.25, -0.2) is 0 Å². The molecule has 0 amide bonds. The van der Waals surface area contributed by atoms with Gasteiger partial charge in [0.25, 0.3) is 0 Å². The first-order valence-corrected chi connectivity index (χ1v) is 33.3. The van der Waals surface area contributed by atoms with Crippen LogP contribution in [0.2, 0.25) is 0 Å². The minimum Gasteiger partial charge on any atom is -0.138 e. The fourth-order valence-electron chi connectivity index (χ4n) is 0.689. The Labute approximate surface area is 145 Å². The van der Waals surface area contributed by atoms with E-state index >= 15 is 0 Å². The zero-order valence-corrected chi connectivity index (χ0v) is 26.1. The minimum atomic E-state index is -0.00724. The maximum Gasteiger partial charge on any atom is 0.111 e. The Hall–Kier alpha value is 7.24. The van der Waals surface area contributed by atoms with Crippen LogP contribution in [0.3, 0.4) is 0 Å². The van der Waals surface area contributed by atoms with Gasteiger partial charge < -0.3 is 0 Å². The van der Waals surface area contributed by atoms with Crippen molar-refractivity contribution in [3.8, 4) is 0 Å². The van der Waals surface area contributed by atoms with Gasteiger partial charge in [0.1, 0.15) is 7.57 Å². The van der Waals surface area contributed by atoms with Crippen LogP contribution >= 0.6 is 140 Å². The van der Waals surface area contributed by atoms with Gasteiger partial charge in [0, 0.05) is 11.9 Å². The van der Waals surface area contributed by atoms with Crippen LogP contribution in [0, 0.1) is 0 Å². The molecule has 0 aromatic rings. The first kappa shape index (κ1) is 24.2. The Bertz CT molecular complexity index is 193. The third kappa shape index (κ3) is 9.49. The van der Waals surface area contributed by atoms with Crippen LogP contribution in [-0.2, 0) is 0 Å². The van der Waals surface area contributed by atoms with E-state index in [9.17, 15) is 0 Å². The predicted molar refractivity (Wildman–Crippen MR) is 144 cm³/mol. The molecule has 2 radical (unpaired) electrons. The normalized spacial score (nSPS) is 18.8. The Kier molecular flexibility index (Phi) is 19.2. The molecule has 0 aliphatic rings. The molecule has 0 aliphatic heterocycles. The first-order chi connectivity index (χ1) is 7.73. The summed E-state index contributed by atoms with van der Waals surface area (Å²) in [5.41, 5.74) is 0. The lowest BCUT2D eigenvalue weighted by Crippen LogP contribution is -1.52. The van der Waals surface area contributed by atoms with E-state index in [0.717, 1.165) is 0 Å². The summed E-state index contributed by atoms with van der Waals surface area (Å²) in [7, 11) is 28.1. The molecule has 0 saturated carbocycles. The van der Waals surface area contributed by atoms with Crippen LogP contribution in [-0.4, -0.2) is 7.57 Å². The summed E-state index contributed by atoms with van der Waals surface area (Å²) in [4.78, 5) is 0.125. The molecule has 0 bridgehead atoms. The van der Waals surface area contributed by atoms with E-state index in [-0.39, 0.29) is 46.9 Å². The van der Waals surface area contributed by atoms with Crippen molar-refractivity contribution in [1.29, 1.82) is 0 Å². The molecule has 0 heterocycles. The fraction of sp³-hybridized carbons (Fsp3) is 0. The molecule has 0 rings (SSSR count). The second-order valence-electron chi connectivity index (χ2n) is 2.39.